The second-order valence-electron chi connectivity index (χ2n) is 6.10. The van der Waals surface area contributed by atoms with Gasteiger partial charge < -0.3 is 11.2 Å². The minimum absolute atomic E-state index is 0.136. The molecule has 0 saturated carbocycles. The summed E-state index contributed by atoms with van der Waals surface area (Å²) >= 11 is 13.3. The summed E-state index contributed by atoms with van der Waals surface area (Å²) in [5.74, 6) is 6.52. The second-order valence-corrected chi connectivity index (χ2v) is 7.89. The number of aromatic nitrogens is 3. The van der Waals surface area contributed by atoms with Gasteiger partial charge in [0.15, 0.2) is 5.82 Å². The van der Waals surface area contributed by atoms with E-state index >= 15 is 0 Å². The van der Waals surface area contributed by atoms with Crippen molar-refractivity contribution >= 4 is 46.6 Å². The first-order chi connectivity index (χ1) is 13.4. The van der Waals surface area contributed by atoms with Crippen LogP contribution in [0.4, 0.5) is 5.69 Å². The maximum absolute atomic E-state index is 12.4. The fraction of sp³-hybridized carbons (Fsp3) is 0.211. The zero-order chi connectivity index (χ0) is 20.3. The highest BCUT2D eigenvalue weighted by atomic mass is 35.5. The van der Waals surface area contributed by atoms with Gasteiger partial charge in [0.25, 0.3) is 0 Å². The molecule has 0 atom stereocenters. The zero-order valence-corrected chi connectivity index (χ0v) is 17.7. The lowest BCUT2D eigenvalue weighted by Crippen LogP contribution is -2.18. The van der Waals surface area contributed by atoms with E-state index in [1.54, 1.807) is 18.2 Å². The third-order valence-corrected chi connectivity index (χ3v) is 5.66. The topological polar surface area (TPSA) is 85.8 Å². The number of amides is 1. The molecule has 3 N–H and O–H groups in total. The summed E-state index contributed by atoms with van der Waals surface area (Å²) in [5, 5.41) is 12.5. The van der Waals surface area contributed by atoms with Crippen molar-refractivity contribution in [3.05, 3.63) is 57.6 Å². The Morgan fingerprint density at radius 2 is 2.04 bits per heavy atom. The molecule has 1 aromatic heterocycles. The number of carbonyl (C=O) groups is 1. The third kappa shape index (κ3) is 4.43. The summed E-state index contributed by atoms with van der Waals surface area (Å²) in [5.41, 5.74) is 3.60. The zero-order valence-electron chi connectivity index (χ0n) is 15.4. The molecular weight excluding hydrogens is 417 g/mol. The Labute approximate surface area is 177 Å². The van der Waals surface area contributed by atoms with Crippen molar-refractivity contribution < 1.29 is 4.79 Å². The highest BCUT2D eigenvalue weighted by Crippen LogP contribution is 2.30. The average Bonchev–Trinajstić information content (AvgIpc) is 3.02. The molecular formula is C19H19Cl2N5OS. The van der Waals surface area contributed by atoms with Crippen molar-refractivity contribution in [1.82, 2.24) is 14.9 Å². The van der Waals surface area contributed by atoms with E-state index in [4.69, 9.17) is 29.0 Å². The van der Waals surface area contributed by atoms with Crippen molar-refractivity contribution in [1.29, 1.82) is 0 Å². The molecule has 6 nitrogen and oxygen atoms in total. The van der Waals surface area contributed by atoms with Crippen LogP contribution in [0.25, 0.3) is 11.4 Å². The van der Waals surface area contributed by atoms with Crippen LogP contribution >= 0.6 is 35.0 Å². The molecule has 1 heterocycles. The van der Waals surface area contributed by atoms with Crippen LogP contribution in [0.2, 0.25) is 10.0 Å². The Balaban J connectivity index is 1.70. The van der Waals surface area contributed by atoms with Crippen LogP contribution in [-0.2, 0) is 11.2 Å². The van der Waals surface area contributed by atoms with E-state index in [1.165, 1.54) is 16.4 Å². The van der Waals surface area contributed by atoms with E-state index in [1.807, 2.05) is 25.1 Å². The number of anilines is 1. The third-order valence-electron chi connectivity index (χ3n) is 4.17. The van der Waals surface area contributed by atoms with Gasteiger partial charge in [-0.1, -0.05) is 60.1 Å². The maximum atomic E-state index is 12.4. The molecule has 0 aliphatic rings. The van der Waals surface area contributed by atoms with Gasteiger partial charge in [-0.3, -0.25) is 4.79 Å². The minimum atomic E-state index is -0.136. The van der Waals surface area contributed by atoms with Crippen molar-refractivity contribution in [3.63, 3.8) is 0 Å². The molecule has 0 fully saturated rings. The SMILES string of the molecule is CCc1cccc(C)c1NC(=O)CSc1nnc(-c2ccc(Cl)cc2Cl)n1N. The quantitative estimate of drug-likeness (QED) is 0.437. The standard InChI is InChI=1S/C19H19Cl2N5OS/c1-3-12-6-4-5-11(2)17(12)23-16(27)10-28-19-25-24-18(26(19)22)14-8-7-13(20)9-15(14)21/h4-9H,3,10,22H2,1-2H3,(H,23,27). The van der Waals surface area contributed by atoms with Crippen LogP contribution in [0.1, 0.15) is 18.1 Å². The predicted octanol–water partition coefficient (Wildman–Crippen LogP) is 4.57. The molecule has 0 saturated heterocycles. The largest absolute Gasteiger partial charge is 0.335 e. The number of nitrogens with two attached hydrogens (primary N) is 1. The van der Waals surface area contributed by atoms with Crippen molar-refractivity contribution in [2.45, 2.75) is 25.4 Å². The fourth-order valence-electron chi connectivity index (χ4n) is 2.74. The van der Waals surface area contributed by atoms with Gasteiger partial charge in [0, 0.05) is 16.3 Å². The molecule has 0 aliphatic carbocycles. The van der Waals surface area contributed by atoms with Crippen molar-refractivity contribution in [2.24, 2.45) is 0 Å². The Bertz CT molecular complexity index is 1020. The normalized spacial score (nSPS) is 10.9. The van der Waals surface area contributed by atoms with E-state index in [0.717, 1.165) is 23.2 Å². The highest BCUT2D eigenvalue weighted by molar-refractivity contribution is 7.99. The monoisotopic (exact) mass is 435 g/mol. The Kier molecular flexibility index (Phi) is 6.49. The number of nitrogens with one attached hydrogen (secondary N) is 1. The molecule has 0 spiro atoms. The van der Waals surface area contributed by atoms with Crippen LogP contribution in [0, 0.1) is 6.92 Å². The number of halogens is 2. The Morgan fingerprint density at radius 3 is 2.75 bits per heavy atom. The smallest absolute Gasteiger partial charge is 0.234 e. The molecule has 28 heavy (non-hydrogen) atoms. The van der Waals surface area contributed by atoms with E-state index in [-0.39, 0.29) is 11.7 Å². The summed E-state index contributed by atoms with van der Waals surface area (Å²) in [4.78, 5) is 12.4. The first kappa shape index (κ1) is 20.5. The molecule has 1 amide bonds. The van der Waals surface area contributed by atoms with Crippen molar-refractivity contribution in [3.8, 4) is 11.4 Å². The molecule has 3 rings (SSSR count). The van der Waals surface area contributed by atoms with Gasteiger partial charge in [-0.2, -0.15) is 0 Å². The van der Waals surface area contributed by atoms with Crippen molar-refractivity contribution in [2.75, 3.05) is 16.9 Å². The van der Waals surface area contributed by atoms with E-state index in [0.29, 0.717) is 26.6 Å². The van der Waals surface area contributed by atoms with Gasteiger partial charge in [0.05, 0.1) is 10.8 Å². The summed E-state index contributed by atoms with van der Waals surface area (Å²) in [6, 6.07) is 11.0. The summed E-state index contributed by atoms with van der Waals surface area (Å²) < 4.78 is 1.32. The van der Waals surface area contributed by atoms with E-state index in [9.17, 15) is 4.79 Å². The second kappa shape index (κ2) is 8.86. The first-order valence-electron chi connectivity index (χ1n) is 8.57. The number of rotatable bonds is 6. The molecule has 146 valence electrons. The summed E-state index contributed by atoms with van der Waals surface area (Å²) in [6.45, 7) is 4.03. The highest BCUT2D eigenvalue weighted by Gasteiger charge is 2.17. The molecule has 0 radical (unpaired) electrons. The maximum Gasteiger partial charge on any atom is 0.234 e. The number of thioether (sulfide) groups is 1. The van der Waals surface area contributed by atoms with Crippen LogP contribution < -0.4 is 11.2 Å². The van der Waals surface area contributed by atoms with Gasteiger partial charge in [-0.25, -0.2) is 4.68 Å². The molecule has 9 heteroatoms. The predicted molar refractivity (Wildman–Crippen MR) is 116 cm³/mol. The number of hydrogen-bond donors (Lipinski definition) is 2. The number of nitrogens with zero attached hydrogens (tertiary/aromatic N) is 3. The number of para-hydroxylation sites is 1. The Hall–Kier alpha value is -2.22. The lowest BCUT2D eigenvalue weighted by Gasteiger charge is -2.12. The fourth-order valence-corrected chi connectivity index (χ4v) is 3.89. The minimum Gasteiger partial charge on any atom is -0.335 e. The lowest BCUT2D eigenvalue weighted by molar-refractivity contribution is -0.113. The van der Waals surface area contributed by atoms with Gasteiger partial charge in [-0.15, -0.1) is 10.2 Å². The number of nitrogen functional groups attached to an aromatic ring is 1. The average molecular weight is 436 g/mol. The summed E-state index contributed by atoms with van der Waals surface area (Å²) in [7, 11) is 0. The Morgan fingerprint density at radius 1 is 1.25 bits per heavy atom. The number of hydrogen-bond acceptors (Lipinski definition) is 5. The molecule has 0 aliphatic heterocycles. The van der Waals surface area contributed by atoms with E-state index < -0.39 is 0 Å². The molecule has 0 bridgehead atoms. The molecule has 3 aromatic rings. The van der Waals surface area contributed by atoms with Gasteiger partial charge in [0.1, 0.15) is 0 Å². The van der Waals surface area contributed by atoms with Crippen LogP contribution in [0.15, 0.2) is 41.6 Å². The van der Waals surface area contributed by atoms with Crippen LogP contribution in [0.5, 0.6) is 0 Å². The number of benzene rings is 2. The number of aryl methyl sites for hydroxylation is 2. The number of carbonyl (C=O) groups excluding carboxylic acids is 1. The molecule has 2 aromatic carbocycles. The molecule has 0 unspecified atom stereocenters. The van der Waals surface area contributed by atoms with Gasteiger partial charge in [-0.05, 0) is 42.7 Å². The van der Waals surface area contributed by atoms with E-state index in [2.05, 4.69) is 22.4 Å². The summed E-state index contributed by atoms with van der Waals surface area (Å²) in [6.07, 6.45) is 0.840. The first-order valence-corrected chi connectivity index (χ1v) is 10.3. The lowest BCUT2D eigenvalue weighted by atomic mass is 10.1. The van der Waals surface area contributed by atoms with Crippen LogP contribution in [0.3, 0.4) is 0 Å². The van der Waals surface area contributed by atoms with Crippen LogP contribution in [-0.4, -0.2) is 26.5 Å². The van der Waals surface area contributed by atoms with Gasteiger partial charge >= 0.3 is 0 Å². The van der Waals surface area contributed by atoms with Gasteiger partial charge in [0.2, 0.25) is 11.1 Å².